The van der Waals surface area contributed by atoms with E-state index in [2.05, 4.69) is 21.2 Å². The van der Waals surface area contributed by atoms with E-state index in [0.29, 0.717) is 11.3 Å². The van der Waals surface area contributed by atoms with E-state index in [9.17, 15) is 9.18 Å². The maximum absolute atomic E-state index is 13.0. The Balaban J connectivity index is 1.29. The number of hydrogen-bond donors (Lipinski definition) is 1. The van der Waals surface area contributed by atoms with Crippen LogP contribution in [-0.2, 0) is 6.54 Å². The molecule has 4 nitrogen and oxygen atoms in total. The zero-order chi connectivity index (χ0) is 20.9. The lowest BCUT2D eigenvalue weighted by atomic mass is 10.1. The van der Waals surface area contributed by atoms with Crippen molar-refractivity contribution in [1.82, 2.24) is 4.90 Å². The molecule has 0 spiro atoms. The van der Waals surface area contributed by atoms with Gasteiger partial charge in [-0.2, -0.15) is 0 Å². The Labute approximate surface area is 180 Å². The van der Waals surface area contributed by atoms with E-state index in [-0.39, 0.29) is 11.7 Å². The van der Waals surface area contributed by atoms with E-state index in [1.54, 1.807) is 12.1 Å². The molecule has 1 aliphatic heterocycles. The van der Waals surface area contributed by atoms with Crippen molar-refractivity contribution in [2.24, 2.45) is 0 Å². The van der Waals surface area contributed by atoms with Crippen LogP contribution in [0.4, 0.5) is 15.8 Å². The number of nitrogens with zero attached hydrogens (tertiary/aromatic N) is 2. The Morgan fingerprint density at radius 2 is 1.63 bits per heavy atom. The molecule has 154 valence electrons. The fourth-order valence-electron chi connectivity index (χ4n) is 3.59. The lowest BCUT2D eigenvalue weighted by Gasteiger charge is -2.36. The van der Waals surface area contributed by atoms with E-state index in [1.807, 2.05) is 42.5 Å². The molecule has 3 aromatic carbocycles. The number of anilines is 2. The van der Waals surface area contributed by atoms with Gasteiger partial charge in [0.25, 0.3) is 5.91 Å². The molecule has 1 N–H and O–H groups in total. The highest BCUT2D eigenvalue weighted by molar-refractivity contribution is 6.30. The minimum atomic E-state index is -0.328. The maximum atomic E-state index is 13.0. The molecule has 1 amide bonds. The van der Waals surface area contributed by atoms with Crippen LogP contribution in [0.3, 0.4) is 0 Å². The molecule has 30 heavy (non-hydrogen) atoms. The number of hydrogen-bond acceptors (Lipinski definition) is 3. The Kier molecular flexibility index (Phi) is 6.31. The van der Waals surface area contributed by atoms with Gasteiger partial charge in [-0.3, -0.25) is 9.69 Å². The lowest BCUT2D eigenvalue weighted by Crippen LogP contribution is -2.45. The highest BCUT2D eigenvalue weighted by Gasteiger charge is 2.17. The van der Waals surface area contributed by atoms with E-state index < -0.39 is 0 Å². The van der Waals surface area contributed by atoms with Crippen molar-refractivity contribution in [3.63, 3.8) is 0 Å². The quantitative estimate of drug-likeness (QED) is 0.623. The summed E-state index contributed by atoms with van der Waals surface area (Å²) in [5.41, 5.74) is 3.49. The van der Waals surface area contributed by atoms with Crippen molar-refractivity contribution in [2.75, 3.05) is 36.4 Å². The van der Waals surface area contributed by atoms with Crippen molar-refractivity contribution in [1.29, 1.82) is 0 Å². The zero-order valence-corrected chi connectivity index (χ0v) is 17.3. The largest absolute Gasteiger partial charge is 0.369 e. The van der Waals surface area contributed by atoms with E-state index in [0.717, 1.165) is 37.7 Å². The van der Waals surface area contributed by atoms with Gasteiger partial charge in [0.1, 0.15) is 5.82 Å². The molecule has 0 aliphatic carbocycles. The molecule has 0 saturated carbocycles. The maximum Gasteiger partial charge on any atom is 0.255 e. The monoisotopic (exact) mass is 423 g/mol. The highest BCUT2D eigenvalue weighted by Crippen LogP contribution is 2.21. The zero-order valence-electron chi connectivity index (χ0n) is 16.5. The summed E-state index contributed by atoms with van der Waals surface area (Å²) >= 11 is 6.11. The van der Waals surface area contributed by atoms with Gasteiger partial charge >= 0.3 is 0 Å². The van der Waals surface area contributed by atoms with Crippen molar-refractivity contribution < 1.29 is 9.18 Å². The summed E-state index contributed by atoms with van der Waals surface area (Å²) in [6, 6.07) is 21.4. The molecule has 1 saturated heterocycles. The average molecular weight is 424 g/mol. The van der Waals surface area contributed by atoms with Gasteiger partial charge in [-0.05, 0) is 60.2 Å². The molecule has 1 heterocycles. The minimum Gasteiger partial charge on any atom is -0.369 e. The number of halogens is 2. The number of amides is 1. The molecular weight excluding hydrogens is 401 g/mol. The van der Waals surface area contributed by atoms with Gasteiger partial charge in [0.15, 0.2) is 0 Å². The van der Waals surface area contributed by atoms with Crippen LogP contribution < -0.4 is 10.2 Å². The summed E-state index contributed by atoms with van der Waals surface area (Å²) in [5, 5.41) is 3.54. The summed E-state index contributed by atoms with van der Waals surface area (Å²) in [5.74, 6) is -0.533. The normalized spacial score (nSPS) is 14.5. The van der Waals surface area contributed by atoms with Crippen molar-refractivity contribution in [3.8, 4) is 0 Å². The number of piperazine rings is 1. The molecule has 0 radical (unpaired) electrons. The van der Waals surface area contributed by atoms with Crippen molar-refractivity contribution in [3.05, 3.63) is 94.8 Å². The molecule has 1 fully saturated rings. The smallest absolute Gasteiger partial charge is 0.255 e. The van der Waals surface area contributed by atoms with Crippen molar-refractivity contribution in [2.45, 2.75) is 6.54 Å². The number of benzene rings is 3. The third-order valence-electron chi connectivity index (χ3n) is 5.27. The minimum absolute atomic E-state index is 0.205. The predicted octanol–water partition coefficient (Wildman–Crippen LogP) is 5.05. The van der Waals surface area contributed by atoms with Gasteiger partial charge in [-0.25, -0.2) is 4.39 Å². The van der Waals surface area contributed by atoms with Gasteiger partial charge in [0.05, 0.1) is 0 Å². The van der Waals surface area contributed by atoms with Gasteiger partial charge in [0, 0.05) is 54.7 Å². The predicted molar refractivity (Wildman–Crippen MR) is 120 cm³/mol. The summed E-state index contributed by atoms with van der Waals surface area (Å²) in [6.45, 7) is 4.71. The third kappa shape index (κ3) is 5.17. The lowest BCUT2D eigenvalue weighted by molar-refractivity contribution is 0.102. The first kappa shape index (κ1) is 20.4. The molecule has 4 rings (SSSR count). The van der Waals surface area contributed by atoms with Crippen LogP contribution in [0.1, 0.15) is 15.9 Å². The highest BCUT2D eigenvalue weighted by atomic mass is 35.5. The first-order valence-electron chi connectivity index (χ1n) is 9.95. The van der Waals surface area contributed by atoms with Crippen LogP contribution in [-0.4, -0.2) is 37.0 Å². The van der Waals surface area contributed by atoms with Gasteiger partial charge < -0.3 is 10.2 Å². The molecule has 1 aliphatic rings. The van der Waals surface area contributed by atoms with Crippen LogP contribution in [0.2, 0.25) is 5.02 Å². The summed E-state index contributed by atoms with van der Waals surface area (Å²) in [4.78, 5) is 17.1. The third-order valence-corrected chi connectivity index (χ3v) is 5.51. The van der Waals surface area contributed by atoms with Gasteiger partial charge in [0.2, 0.25) is 0 Å². The summed E-state index contributed by atoms with van der Waals surface area (Å²) in [7, 11) is 0. The second-order valence-corrected chi connectivity index (χ2v) is 7.84. The number of carbonyl (C=O) groups excluding carboxylic acids is 1. The van der Waals surface area contributed by atoms with Gasteiger partial charge in [-0.15, -0.1) is 0 Å². The standard InChI is InChI=1S/C24H23ClFN3O/c25-20-2-1-3-23(16-20)29-14-12-28(13-15-29)17-18-4-6-19(7-5-18)24(30)27-22-10-8-21(26)9-11-22/h1-11,16H,12-15,17H2,(H,27,30). The molecule has 6 heteroatoms. The van der Waals surface area contributed by atoms with Crippen LogP contribution in [0, 0.1) is 5.82 Å². The van der Waals surface area contributed by atoms with Crippen LogP contribution >= 0.6 is 11.6 Å². The fraction of sp³-hybridized carbons (Fsp3) is 0.208. The SMILES string of the molecule is O=C(Nc1ccc(F)cc1)c1ccc(CN2CCN(c3cccc(Cl)c3)CC2)cc1. The Morgan fingerprint density at radius 3 is 2.30 bits per heavy atom. The molecule has 0 unspecified atom stereocenters. The van der Waals surface area contributed by atoms with E-state index in [4.69, 9.17) is 11.6 Å². The molecule has 0 atom stereocenters. The van der Waals surface area contributed by atoms with E-state index >= 15 is 0 Å². The Hall–Kier alpha value is -2.89. The van der Waals surface area contributed by atoms with Crippen LogP contribution in [0.15, 0.2) is 72.8 Å². The fourth-order valence-corrected chi connectivity index (χ4v) is 3.78. The number of carbonyl (C=O) groups is 1. The molecule has 3 aromatic rings. The first-order valence-corrected chi connectivity index (χ1v) is 10.3. The number of rotatable bonds is 5. The topological polar surface area (TPSA) is 35.6 Å². The van der Waals surface area contributed by atoms with Crippen LogP contribution in [0.25, 0.3) is 0 Å². The second kappa shape index (κ2) is 9.28. The van der Waals surface area contributed by atoms with Crippen molar-refractivity contribution >= 4 is 28.9 Å². The van der Waals surface area contributed by atoms with Gasteiger partial charge in [-0.1, -0.05) is 29.8 Å². The van der Waals surface area contributed by atoms with E-state index in [1.165, 1.54) is 23.4 Å². The number of nitrogens with one attached hydrogen (secondary N) is 1. The molecule has 0 aromatic heterocycles. The molecule has 0 bridgehead atoms. The Bertz CT molecular complexity index is 1000. The first-order chi connectivity index (χ1) is 14.6. The summed E-state index contributed by atoms with van der Waals surface area (Å²) in [6.07, 6.45) is 0. The Morgan fingerprint density at radius 1 is 0.933 bits per heavy atom. The average Bonchev–Trinajstić information content (AvgIpc) is 2.76. The summed E-state index contributed by atoms with van der Waals surface area (Å²) < 4.78 is 13.0. The van der Waals surface area contributed by atoms with Crippen LogP contribution in [0.5, 0.6) is 0 Å². The molecular formula is C24H23ClFN3O. The second-order valence-electron chi connectivity index (χ2n) is 7.40.